The third kappa shape index (κ3) is 8.02. The Kier molecular flexibility index (Phi) is 7.67. The van der Waals surface area contributed by atoms with Gasteiger partial charge in [0.15, 0.2) is 0 Å². The van der Waals surface area contributed by atoms with Crippen LogP contribution in [0.15, 0.2) is 0 Å². The van der Waals surface area contributed by atoms with Crippen LogP contribution in [0.25, 0.3) is 0 Å². The lowest BCUT2D eigenvalue weighted by Crippen LogP contribution is -2.39. The average Bonchev–Trinajstić information content (AvgIpc) is 2.60. The lowest BCUT2D eigenvalue weighted by Gasteiger charge is -2.26. The van der Waals surface area contributed by atoms with Crippen molar-refractivity contribution in [2.45, 2.75) is 91.3 Å². The van der Waals surface area contributed by atoms with E-state index in [2.05, 4.69) is 26.1 Å². The number of carbonyl (C=O) groups excluding carboxylic acids is 1. The molecule has 1 saturated heterocycles. The molecule has 130 valence electrons. The molecule has 0 spiro atoms. The highest BCUT2D eigenvalue weighted by Gasteiger charge is 2.25. The fourth-order valence-corrected chi connectivity index (χ4v) is 2.84. The first-order chi connectivity index (χ1) is 10.2. The summed E-state index contributed by atoms with van der Waals surface area (Å²) < 4.78 is 5.48. The van der Waals surface area contributed by atoms with Gasteiger partial charge in [0, 0.05) is 25.2 Å². The zero-order chi connectivity index (χ0) is 16.8. The van der Waals surface area contributed by atoms with Gasteiger partial charge >= 0.3 is 6.09 Å². The van der Waals surface area contributed by atoms with Crippen molar-refractivity contribution in [2.75, 3.05) is 13.1 Å². The smallest absolute Gasteiger partial charge is 0.410 e. The van der Waals surface area contributed by atoms with E-state index in [0.717, 1.165) is 38.3 Å². The van der Waals surface area contributed by atoms with Crippen LogP contribution in [0, 0.1) is 5.92 Å². The van der Waals surface area contributed by atoms with Crippen molar-refractivity contribution in [1.82, 2.24) is 10.2 Å². The summed E-state index contributed by atoms with van der Waals surface area (Å²) in [5, 5.41) is 3.74. The second kappa shape index (κ2) is 8.76. The van der Waals surface area contributed by atoms with Gasteiger partial charge in [0.1, 0.15) is 5.60 Å². The largest absolute Gasteiger partial charge is 0.444 e. The molecule has 1 fully saturated rings. The van der Waals surface area contributed by atoms with Crippen LogP contribution in [-0.2, 0) is 4.74 Å². The van der Waals surface area contributed by atoms with Crippen molar-refractivity contribution in [3.8, 4) is 0 Å². The van der Waals surface area contributed by atoms with Crippen molar-refractivity contribution in [2.24, 2.45) is 5.92 Å². The zero-order valence-corrected chi connectivity index (χ0v) is 15.4. The normalized spacial score (nSPS) is 21.6. The third-order valence-corrected chi connectivity index (χ3v) is 4.08. The molecule has 0 aromatic carbocycles. The fourth-order valence-electron chi connectivity index (χ4n) is 2.84. The highest BCUT2D eigenvalue weighted by Crippen LogP contribution is 2.16. The number of amides is 1. The van der Waals surface area contributed by atoms with Gasteiger partial charge in [-0.1, -0.05) is 13.8 Å². The molecule has 1 rings (SSSR count). The van der Waals surface area contributed by atoms with E-state index in [1.807, 2.05) is 25.7 Å². The van der Waals surface area contributed by atoms with Crippen molar-refractivity contribution in [3.63, 3.8) is 0 Å². The van der Waals surface area contributed by atoms with Gasteiger partial charge in [0.05, 0.1) is 0 Å². The van der Waals surface area contributed by atoms with Gasteiger partial charge < -0.3 is 15.0 Å². The molecule has 1 amide bonds. The Morgan fingerprint density at radius 3 is 2.45 bits per heavy atom. The summed E-state index contributed by atoms with van der Waals surface area (Å²) in [4.78, 5) is 14.0. The van der Waals surface area contributed by atoms with E-state index in [4.69, 9.17) is 4.74 Å². The van der Waals surface area contributed by atoms with Gasteiger partial charge in [-0.2, -0.15) is 0 Å². The predicted molar refractivity (Wildman–Crippen MR) is 92.1 cm³/mol. The first-order valence-electron chi connectivity index (χ1n) is 8.91. The zero-order valence-electron chi connectivity index (χ0n) is 15.4. The average molecular weight is 312 g/mol. The van der Waals surface area contributed by atoms with Gasteiger partial charge in [0.2, 0.25) is 0 Å². The van der Waals surface area contributed by atoms with Crippen LogP contribution in [0.5, 0.6) is 0 Å². The Morgan fingerprint density at radius 1 is 1.18 bits per heavy atom. The molecule has 0 radical (unpaired) electrons. The van der Waals surface area contributed by atoms with E-state index >= 15 is 0 Å². The molecule has 1 heterocycles. The molecule has 4 nitrogen and oxygen atoms in total. The molecule has 0 aromatic heterocycles. The molecule has 0 aromatic rings. The van der Waals surface area contributed by atoms with Gasteiger partial charge in [0.25, 0.3) is 0 Å². The number of rotatable bonds is 5. The van der Waals surface area contributed by atoms with E-state index in [1.165, 1.54) is 12.8 Å². The molecule has 2 unspecified atom stereocenters. The maximum absolute atomic E-state index is 12.2. The summed E-state index contributed by atoms with van der Waals surface area (Å²) in [5.41, 5.74) is -0.410. The highest BCUT2D eigenvalue weighted by atomic mass is 16.6. The monoisotopic (exact) mass is 312 g/mol. The number of nitrogens with one attached hydrogen (secondary N) is 1. The maximum Gasteiger partial charge on any atom is 0.410 e. The Bertz CT molecular complexity index is 336. The van der Waals surface area contributed by atoms with Crippen molar-refractivity contribution in [1.29, 1.82) is 0 Å². The summed E-state index contributed by atoms with van der Waals surface area (Å²) in [6.45, 7) is 14.2. The quantitative estimate of drug-likeness (QED) is 0.827. The van der Waals surface area contributed by atoms with Crippen LogP contribution >= 0.6 is 0 Å². The minimum absolute atomic E-state index is 0.166. The van der Waals surface area contributed by atoms with Crippen LogP contribution in [0.2, 0.25) is 0 Å². The summed E-state index contributed by atoms with van der Waals surface area (Å²) in [6.07, 6.45) is 5.54. The molecule has 0 saturated carbocycles. The lowest BCUT2D eigenvalue weighted by molar-refractivity contribution is 0.0256. The standard InChI is InChI=1S/C18H36N2O2/c1-14(2)9-10-15(3)19-16-8-7-12-20(13-11-16)17(21)22-18(4,5)6/h14-16,19H,7-13H2,1-6H3. The fraction of sp³-hybridized carbons (Fsp3) is 0.944. The maximum atomic E-state index is 12.2. The molecule has 0 bridgehead atoms. The Balaban J connectivity index is 2.37. The number of hydrogen-bond acceptors (Lipinski definition) is 3. The van der Waals surface area contributed by atoms with Crippen molar-refractivity contribution in [3.05, 3.63) is 0 Å². The summed E-state index contributed by atoms with van der Waals surface area (Å²) in [6, 6.07) is 1.08. The molecule has 4 heteroatoms. The summed E-state index contributed by atoms with van der Waals surface area (Å²) in [5.74, 6) is 0.765. The van der Waals surface area contributed by atoms with E-state index < -0.39 is 5.60 Å². The molecule has 2 atom stereocenters. The number of hydrogen-bond donors (Lipinski definition) is 1. The number of likely N-dealkylation sites (tertiary alicyclic amines) is 1. The minimum Gasteiger partial charge on any atom is -0.444 e. The van der Waals surface area contributed by atoms with Gasteiger partial charge in [-0.25, -0.2) is 4.79 Å². The predicted octanol–water partition coefficient (Wildman–Crippen LogP) is 4.19. The highest BCUT2D eigenvalue weighted by molar-refractivity contribution is 5.68. The molecule has 22 heavy (non-hydrogen) atoms. The Hall–Kier alpha value is -0.770. The van der Waals surface area contributed by atoms with Gasteiger partial charge in [-0.05, 0) is 65.7 Å². The molecular formula is C18H36N2O2. The van der Waals surface area contributed by atoms with Crippen LogP contribution < -0.4 is 5.32 Å². The Morgan fingerprint density at radius 2 is 1.86 bits per heavy atom. The first kappa shape index (κ1) is 19.3. The van der Waals surface area contributed by atoms with Crippen LogP contribution in [0.3, 0.4) is 0 Å². The lowest BCUT2D eigenvalue weighted by atomic mass is 10.0. The summed E-state index contributed by atoms with van der Waals surface area (Å²) >= 11 is 0. The minimum atomic E-state index is -0.410. The van der Waals surface area contributed by atoms with E-state index in [-0.39, 0.29) is 6.09 Å². The van der Waals surface area contributed by atoms with E-state index in [9.17, 15) is 4.79 Å². The van der Waals surface area contributed by atoms with Crippen molar-refractivity contribution < 1.29 is 9.53 Å². The number of carbonyl (C=O) groups is 1. The second-order valence-corrected chi connectivity index (χ2v) is 8.13. The first-order valence-corrected chi connectivity index (χ1v) is 8.91. The molecule has 1 aliphatic heterocycles. The number of nitrogens with zero attached hydrogens (tertiary/aromatic N) is 1. The van der Waals surface area contributed by atoms with Crippen molar-refractivity contribution >= 4 is 6.09 Å². The van der Waals surface area contributed by atoms with E-state index in [0.29, 0.717) is 12.1 Å². The van der Waals surface area contributed by atoms with Gasteiger partial charge in [-0.3, -0.25) is 0 Å². The molecule has 1 aliphatic rings. The molecule has 1 N–H and O–H groups in total. The number of ether oxygens (including phenoxy) is 1. The van der Waals surface area contributed by atoms with Crippen LogP contribution in [0.1, 0.15) is 73.6 Å². The van der Waals surface area contributed by atoms with Crippen LogP contribution in [-0.4, -0.2) is 41.8 Å². The van der Waals surface area contributed by atoms with Crippen LogP contribution in [0.4, 0.5) is 4.79 Å². The SMILES string of the molecule is CC(C)CCC(C)NC1CCCN(C(=O)OC(C)(C)C)CC1. The topological polar surface area (TPSA) is 41.6 Å². The summed E-state index contributed by atoms with van der Waals surface area (Å²) in [7, 11) is 0. The molecular weight excluding hydrogens is 276 g/mol. The molecule has 0 aliphatic carbocycles. The Labute approximate surface area is 137 Å². The second-order valence-electron chi connectivity index (χ2n) is 8.13. The van der Waals surface area contributed by atoms with E-state index in [1.54, 1.807) is 0 Å². The van der Waals surface area contributed by atoms with Gasteiger partial charge in [-0.15, -0.1) is 0 Å². The third-order valence-electron chi connectivity index (χ3n) is 4.08.